The van der Waals surface area contributed by atoms with E-state index in [-0.39, 0.29) is 5.17 Å². The molecule has 0 heterocycles. The van der Waals surface area contributed by atoms with Crippen LogP contribution < -0.4 is 11.3 Å². The fourth-order valence-electron chi connectivity index (χ4n) is 0.954. The Bertz CT molecular complexity index is 302. The molecule has 1 rings (SSSR count). The van der Waals surface area contributed by atoms with Crippen LogP contribution >= 0.6 is 23.8 Å². The molecule has 0 atom stereocenters. The minimum Gasteiger partial charge on any atom is -0.470 e. The topological polar surface area (TPSA) is 47.3 Å². The van der Waals surface area contributed by atoms with Crippen molar-refractivity contribution in [2.75, 3.05) is 6.61 Å². The number of rotatable bonds is 3. The third-order valence-corrected chi connectivity index (χ3v) is 2.14. The summed E-state index contributed by atoms with van der Waals surface area (Å²) in [7, 11) is 0. The summed E-state index contributed by atoms with van der Waals surface area (Å²) >= 11 is 10.5. The van der Waals surface area contributed by atoms with Crippen molar-refractivity contribution in [3.63, 3.8) is 0 Å². The fraction of sp³-hybridized carbons (Fsp3) is 0.222. The second-order valence-corrected chi connectivity index (χ2v) is 3.46. The molecule has 0 aliphatic heterocycles. The van der Waals surface area contributed by atoms with Crippen molar-refractivity contribution in [1.82, 2.24) is 5.43 Å². The molecule has 3 nitrogen and oxygen atoms in total. The molecule has 0 unspecified atom stereocenters. The van der Waals surface area contributed by atoms with Crippen LogP contribution in [0.4, 0.5) is 0 Å². The van der Waals surface area contributed by atoms with Gasteiger partial charge in [-0.25, -0.2) is 5.84 Å². The Kier molecular flexibility index (Phi) is 4.65. The summed E-state index contributed by atoms with van der Waals surface area (Å²) in [5.74, 6) is 5.04. The summed E-state index contributed by atoms with van der Waals surface area (Å²) in [6.45, 7) is 0.505. The summed E-state index contributed by atoms with van der Waals surface area (Å²) in [6.07, 6.45) is 0.777. The minimum absolute atomic E-state index is 0.207. The first-order valence-corrected chi connectivity index (χ1v) is 4.89. The van der Waals surface area contributed by atoms with E-state index in [9.17, 15) is 0 Å². The van der Waals surface area contributed by atoms with E-state index in [4.69, 9.17) is 34.4 Å². The molecule has 5 heteroatoms. The van der Waals surface area contributed by atoms with E-state index in [0.717, 1.165) is 17.0 Å². The highest BCUT2D eigenvalue weighted by molar-refractivity contribution is 7.80. The standard InChI is InChI=1S/C9H11ClN2OS/c10-8-3-1-7(2-4-8)5-6-13-9(14)12-11/h1-4H,5-6,11H2,(H,12,14). The summed E-state index contributed by atoms with van der Waals surface area (Å²) in [5.41, 5.74) is 3.40. The van der Waals surface area contributed by atoms with Crippen LogP contribution in [0.3, 0.4) is 0 Å². The lowest BCUT2D eigenvalue weighted by Gasteiger charge is -2.05. The van der Waals surface area contributed by atoms with Gasteiger partial charge in [0, 0.05) is 11.4 Å². The smallest absolute Gasteiger partial charge is 0.271 e. The molecular weight excluding hydrogens is 220 g/mol. The Morgan fingerprint density at radius 3 is 2.64 bits per heavy atom. The Balaban J connectivity index is 2.31. The molecule has 3 N–H and O–H groups in total. The van der Waals surface area contributed by atoms with Gasteiger partial charge in [-0.2, -0.15) is 0 Å². The molecule has 0 aromatic heterocycles. The van der Waals surface area contributed by atoms with E-state index in [0.29, 0.717) is 6.61 Å². The molecule has 0 radical (unpaired) electrons. The first-order valence-electron chi connectivity index (χ1n) is 4.10. The maximum Gasteiger partial charge on any atom is 0.271 e. The van der Waals surface area contributed by atoms with Crippen molar-refractivity contribution in [3.8, 4) is 0 Å². The van der Waals surface area contributed by atoms with Crippen LogP contribution in [0.2, 0.25) is 5.02 Å². The number of hydrogen-bond donors (Lipinski definition) is 2. The van der Waals surface area contributed by atoms with E-state index in [1.807, 2.05) is 24.3 Å². The zero-order chi connectivity index (χ0) is 10.4. The average Bonchev–Trinajstić information content (AvgIpc) is 2.21. The molecule has 0 amide bonds. The Morgan fingerprint density at radius 1 is 1.43 bits per heavy atom. The molecular formula is C9H11ClN2OS. The Hall–Kier alpha value is -0.840. The van der Waals surface area contributed by atoms with E-state index >= 15 is 0 Å². The normalized spacial score (nSPS) is 9.57. The van der Waals surface area contributed by atoms with Gasteiger partial charge in [0.15, 0.2) is 0 Å². The van der Waals surface area contributed by atoms with E-state index < -0.39 is 0 Å². The largest absolute Gasteiger partial charge is 0.470 e. The number of halogens is 1. The molecule has 76 valence electrons. The van der Waals surface area contributed by atoms with Gasteiger partial charge >= 0.3 is 0 Å². The van der Waals surface area contributed by atoms with Gasteiger partial charge in [-0.1, -0.05) is 23.7 Å². The molecule has 1 aromatic rings. The SMILES string of the molecule is NNC(=S)OCCc1ccc(Cl)cc1. The zero-order valence-corrected chi connectivity index (χ0v) is 9.07. The van der Waals surface area contributed by atoms with Crippen LogP contribution in [0.15, 0.2) is 24.3 Å². The molecule has 0 spiro atoms. The molecule has 0 bridgehead atoms. The third-order valence-electron chi connectivity index (χ3n) is 1.66. The quantitative estimate of drug-likeness (QED) is 0.471. The number of nitrogens with one attached hydrogen (secondary N) is 1. The van der Waals surface area contributed by atoms with Gasteiger partial charge in [-0.15, -0.1) is 0 Å². The van der Waals surface area contributed by atoms with Crippen LogP contribution in [-0.2, 0) is 11.2 Å². The van der Waals surface area contributed by atoms with Crippen LogP contribution in [0.5, 0.6) is 0 Å². The monoisotopic (exact) mass is 230 g/mol. The number of nitrogens with two attached hydrogens (primary N) is 1. The Labute approximate surface area is 93.2 Å². The zero-order valence-electron chi connectivity index (χ0n) is 7.50. The van der Waals surface area contributed by atoms with E-state index in [1.54, 1.807) is 0 Å². The van der Waals surface area contributed by atoms with Gasteiger partial charge < -0.3 is 4.74 Å². The molecule has 14 heavy (non-hydrogen) atoms. The van der Waals surface area contributed by atoms with Crippen LogP contribution in [0, 0.1) is 0 Å². The summed E-state index contributed by atoms with van der Waals surface area (Å²) < 4.78 is 5.09. The number of ether oxygens (including phenoxy) is 1. The number of benzene rings is 1. The van der Waals surface area contributed by atoms with Crippen molar-refractivity contribution in [1.29, 1.82) is 0 Å². The van der Waals surface area contributed by atoms with Crippen LogP contribution in [0.25, 0.3) is 0 Å². The third kappa shape index (κ3) is 3.91. The maximum absolute atomic E-state index is 5.74. The van der Waals surface area contributed by atoms with E-state index in [1.165, 1.54) is 0 Å². The second kappa shape index (κ2) is 5.80. The molecule has 1 aromatic carbocycles. The highest BCUT2D eigenvalue weighted by Gasteiger charge is 1.95. The first-order chi connectivity index (χ1) is 6.72. The van der Waals surface area contributed by atoms with Crippen molar-refractivity contribution in [2.24, 2.45) is 5.84 Å². The van der Waals surface area contributed by atoms with Gasteiger partial charge in [0.25, 0.3) is 5.17 Å². The van der Waals surface area contributed by atoms with E-state index in [2.05, 4.69) is 5.43 Å². The lowest BCUT2D eigenvalue weighted by molar-refractivity contribution is 0.303. The molecule has 0 fully saturated rings. The molecule has 0 saturated carbocycles. The predicted molar refractivity (Wildman–Crippen MR) is 61.0 cm³/mol. The van der Waals surface area contributed by atoms with Gasteiger partial charge in [-0.3, -0.25) is 5.43 Å². The number of hydrazine groups is 1. The number of hydrogen-bond acceptors (Lipinski definition) is 3. The van der Waals surface area contributed by atoms with Gasteiger partial charge in [0.2, 0.25) is 0 Å². The average molecular weight is 231 g/mol. The highest BCUT2D eigenvalue weighted by Crippen LogP contribution is 2.09. The van der Waals surface area contributed by atoms with Crippen molar-refractivity contribution in [2.45, 2.75) is 6.42 Å². The van der Waals surface area contributed by atoms with Gasteiger partial charge in [0.1, 0.15) is 0 Å². The minimum atomic E-state index is 0.207. The van der Waals surface area contributed by atoms with Gasteiger partial charge in [-0.05, 0) is 29.9 Å². The van der Waals surface area contributed by atoms with Crippen LogP contribution in [0.1, 0.15) is 5.56 Å². The summed E-state index contributed by atoms with van der Waals surface area (Å²) in [5, 5.41) is 0.938. The maximum atomic E-state index is 5.74. The van der Waals surface area contributed by atoms with Crippen molar-refractivity contribution < 1.29 is 4.74 Å². The lowest BCUT2D eigenvalue weighted by atomic mass is 10.2. The Morgan fingerprint density at radius 2 is 2.07 bits per heavy atom. The predicted octanol–water partition coefficient (Wildman–Crippen LogP) is 1.65. The number of thiocarbonyl (C=S) groups is 1. The lowest BCUT2D eigenvalue weighted by Crippen LogP contribution is -2.30. The molecule has 0 aliphatic carbocycles. The highest BCUT2D eigenvalue weighted by atomic mass is 35.5. The summed E-state index contributed by atoms with van der Waals surface area (Å²) in [4.78, 5) is 0. The van der Waals surface area contributed by atoms with Crippen LogP contribution in [-0.4, -0.2) is 11.8 Å². The van der Waals surface area contributed by atoms with Crippen molar-refractivity contribution in [3.05, 3.63) is 34.9 Å². The fourth-order valence-corrected chi connectivity index (χ4v) is 1.16. The second-order valence-electron chi connectivity index (χ2n) is 2.66. The first kappa shape index (κ1) is 11.2. The van der Waals surface area contributed by atoms with Crippen molar-refractivity contribution >= 4 is 29.0 Å². The van der Waals surface area contributed by atoms with Gasteiger partial charge in [0.05, 0.1) is 6.61 Å². The summed E-state index contributed by atoms with van der Waals surface area (Å²) in [6, 6.07) is 7.59. The molecule has 0 saturated heterocycles. The molecule has 0 aliphatic rings.